The Morgan fingerprint density at radius 3 is 2.66 bits per heavy atom. The number of ether oxygens (including phenoxy) is 2. The van der Waals surface area contributed by atoms with Crippen molar-refractivity contribution in [3.05, 3.63) is 51.0 Å². The summed E-state index contributed by atoms with van der Waals surface area (Å²) in [6.45, 7) is 9.82. The Bertz CT molecular complexity index is 835. The molecule has 1 unspecified atom stereocenters. The van der Waals surface area contributed by atoms with Crippen LogP contribution in [0.25, 0.3) is 0 Å². The second-order valence-corrected chi connectivity index (χ2v) is 7.48. The molecule has 8 heteroatoms. The highest BCUT2D eigenvalue weighted by molar-refractivity contribution is 7.13. The van der Waals surface area contributed by atoms with Crippen LogP contribution in [0.3, 0.4) is 0 Å². The summed E-state index contributed by atoms with van der Waals surface area (Å²) in [4.78, 5) is 21.8. The fourth-order valence-corrected chi connectivity index (χ4v) is 3.71. The Hall–Kier alpha value is -2.45. The quantitative estimate of drug-likeness (QED) is 0.368. The lowest BCUT2D eigenvalue weighted by Crippen LogP contribution is -2.38. The molecule has 1 atom stereocenters. The molecular formula is C21H30N4O3S. The minimum absolute atomic E-state index is 0.103. The molecule has 0 saturated carbocycles. The molecule has 2 aromatic rings. The van der Waals surface area contributed by atoms with Crippen molar-refractivity contribution in [2.24, 2.45) is 4.99 Å². The maximum absolute atomic E-state index is 12.1. The number of aliphatic imine (C=N–C) groups is 1. The zero-order chi connectivity index (χ0) is 21.2. The summed E-state index contributed by atoms with van der Waals surface area (Å²) < 4.78 is 10.4. The number of aryl methyl sites for hydroxylation is 1. The highest BCUT2D eigenvalue weighted by Crippen LogP contribution is 2.24. The summed E-state index contributed by atoms with van der Waals surface area (Å²) in [6.07, 6.45) is 0. The van der Waals surface area contributed by atoms with E-state index in [2.05, 4.69) is 21.7 Å². The molecule has 2 N–H and O–H groups in total. The van der Waals surface area contributed by atoms with E-state index in [1.165, 1.54) is 11.3 Å². The molecule has 0 aliphatic heterocycles. The molecule has 0 saturated heterocycles. The lowest BCUT2D eigenvalue weighted by molar-refractivity contribution is 0.0531. The summed E-state index contributed by atoms with van der Waals surface area (Å²) in [5.74, 6) is 0.369. The molecule has 2 rings (SSSR count). The Balaban J connectivity index is 2.13. The van der Waals surface area contributed by atoms with Gasteiger partial charge in [-0.15, -0.1) is 11.3 Å². The van der Waals surface area contributed by atoms with Crippen LogP contribution < -0.4 is 10.6 Å². The predicted octanol–water partition coefficient (Wildman–Crippen LogP) is 3.59. The third kappa shape index (κ3) is 6.54. The van der Waals surface area contributed by atoms with Gasteiger partial charge < -0.3 is 20.1 Å². The van der Waals surface area contributed by atoms with Crippen LogP contribution in [0.1, 0.15) is 58.3 Å². The summed E-state index contributed by atoms with van der Waals surface area (Å²) in [5, 5.41) is 7.45. The van der Waals surface area contributed by atoms with E-state index in [-0.39, 0.29) is 12.0 Å². The smallest absolute Gasteiger partial charge is 0.350 e. The number of aromatic nitrogens is 1. The lowest BCUT2D eigenvalue weighted by Gasteiger charge is -2.16. The molecule has 1 heterocycles. The number of hydrogen-bond acceptors (Lipinski definition) is 6. The van der Waals surface area contributed by atoms with Crippen LogP contribution in [0.15, 0.2) is 29.3 Å². The van der Waals surface area contributed by atoms with E-state index in [1.54, 1.807) is 14.0 Å². The number of carbonyl (C=O) groups excluding carboxylic acids is 1. The van der Waals surface area contributed by atoms with Gasteiger partial charge >= 0.3 is 5.97 Å². The fraction of sp³-hybridized carbons (Fsp3) is 0.476. The monoisotopic (exact) mass is 418 g/mol. The largest absolute Gasteiger partial charge is 0.462 e. The van der Waals surface area contributed by atoms with E-state index in [4.69, 9.17) is 14.5 Å². The first-order chi connectivity index (χ1) is 14.0. The number of carbonyl (C=O) groups is 1. The van der Waals surface area contributed by atoms with Gasteiger partial charge in [-0.1, -0.05) is 24.3 Å². The van der Waals surface area contributed by atoms with E-state index >= 15 is 0 Å². The topological polar surface area (TPSA) is 84.8 Å². The summed E-state index contributed by atoms with van der Waals surface area (Å²) >= 11 is 1.35. The second-order valence-electron chi connectivity index (χ2n) is 6.45. The normalized spacial score (nSPS) is 12.5. The average molecular weight is 419 g/mol. The summed E-state index contributed by atoms with van der Waals surface area (Å²) in [6, 6.07) is 8.00. The van der Waals surface area contributed by atoms with Crippen LogP contribution in [0.2, 0.25) is 0 Å². The Kier molecular flexibility index (Phi) is 9.08. The highest BCUT2D eigenvalue weighted by Gasteiger charge is 2.20. The fourth-order valence-electron chi connectivity index (χ4n) is 2.75. The molecule has 0 fully saturated rings. The van der Waals surface area contributed by atoms with Gasteiger partial charge in [-0.2, -0.15) is 0 Å². The van der Waals surface area contributed by atoms with Gasteiger partial charge in [-0.3, -0.25) is 0 Å². The van der Waals surface area contributed by atoms with E-state index in [1.807, 2.05) is 39.0 Å². The number of benzene rings is 1. The number of guanidine groups is 1. The van der Waals surface area contributed by atoms with Crippen LogP contribution in [0.4, 0.5) is 0 Å². The molecule has 0 spiro atoms. The van der Waals surface area contributed by atoms with Crippen molar-refractivity contribution in [2.45, 2.75) is 46.9 Å². The second kappa shape index (κ2) is 11.5. The standard InChI is InChI=1S/C21H30N4O3S/c1-6-22-21(23-12-16-10-8-9-11-17(16)13-27-5)25-15(4)19-24-14(3)18(29-19)20(26)28-7-2/h8-11,15H,6-7,12-13H2,1-5H3,(H2,22,23,25). The third-order valence-electron chi connectivity index (χ3n) is 4.17. The first-order valence-electron chi connectivity index (χ1n) is 9.75. The molecule has 7 nitrogen and oxygen atoms in total. The number of nitrogens with zero attached hydrogens (tertiary/aromatic N) is 2. The maximum atomic E-state index is 12.1. The van der Waals surface area contributed by atoms with Gasteiger partial charge in [0.1, 0.15) is 9.88 Å². The number of rotatable bonds is 9. The zero-order valence-corrected chi connectivity index (χ0v) is 18.6. The average Bonchev–Trinajstić information content (AvgIpc) is 3.09. The van der Waals surface area contributed by atoms with E-state index in [0.29, 0.717) is 36.3 Å². The lowest BCUT2D eigenvalue weighted by atomic mass is 10.1. The molecule has 0 radical (unpaired) electrons. The van der Waals surface area contributed by atoms with Gasteiger partial charge in [-0.25, -0.2) is 14.8 Å². The summed E-state index contributed by atoms with van der Waals surface area (Å²) in [5.41, 5.74) is 2.93. The Labute approximate surface area is 176 Å². The Morgan fingerprint density at radius 1 is 1.28 bits per heavy atom. The van der Waals surface area contributed by atoms with Crippen molar-refractivity contribution in [3.8, 4) is 0 Å². The minimum Gasteiger partial charge on any atom is -0.462 e. The van der Waals surface area contributed by atoms with E-state index in [9.17, 15) is 4.79 Å². The van der Waals surface area contributed by atoms with Gasteiger partial charge in [0, 0.05) is 13.7 Å². The van der Waals surface area contributed by atoms with Crippen LogP contribution in [-0.4, -0.2) is 37.2 Å². The van der Waals surface area contributed by atoms with Crippen LogP contribution in [0.5, 0.6) is 0 Å². The van der Waals surface area contributed by atoms with Gasteiger partial charge in [0.15, 0.2) is 5.96 Å². The first kappa shape index (κ1) is 22.8. The van der Waals surface area contributed by atoms with Gasteiger partial charge in [0.2, 0.25) is 0 Å². The first-order valence-corrected chi connectivity index (χ1v) is 10.6. The van der Waals surface area contributed by atoms with Crippen LogP contribution >= 0.6 is 11.3 Å². The van der Waals surface area contributed by atoms with Crippen LogP contribution in [-0.2, 0) is 22.6 Å². The van der Waals surface area contributed by atoms with Crippen molar-refractivity contribution in [1.29, 1.82) is 0 Å². The number of hydrogen-bond donors (Lipinski definition) is 2. The Morgan fingerprint density at radius 2 is 2.00 bits per heavy atom. The number of thiazole rings is 1. The maximum Gasteiger partial charge on any atom is 0.350 e. The molecule has 158 valence electrons. The van der Waals surface area contributed by atoms with E-state index < -0.39 is 0 Å². The molecule has 0 aliphatic rings. The number of methoxy groups -OCH3 is 1. The zero-order valence-electron chi connectivity index (χ0n) is 17.7. The highest BCUT2D eigenvalue weighted by atomic mass is 32.1. The summed E-state index contributed by atoms with van der Waals surface area (Å²) in [7, 11) is 1.69. The third-order valence-corrected chi connectivity index (χ3v) is 5.49. The molecule has 0 bridgehead atoms. The molecule has 1 aromatic heterocycles. The molecule has 0 aliphatic carbocycles. The van der Waals surface area contributed by atoms with Gasteiger partial charge in [-0.05, 0) is 38.8 Å². The minimum atomic E-state index is -0.323. The van der Waals surface area contributed by atoms with Crippen molar-refractivity contribution in [3.63, 3.8) is 0 Å². The van der Waals surface area contributed by atoms with Crippen LogP contribution in [0, 0.1) is 6.92 Å². The molecule has 0 amide bonds. The number of esters is 1. The molecule has 1 aromatic carbocycles. The van der Waals surface area contributed by atoms with Gasteiger partial charge in [0.25, 0.3) is 0 Å². The van der Waals surface area contributed by atoms with Crippen molar-refractivity contribution in [1.82, 2.24) is 15.6 Å². The SMILES string of the molecule is CCNC(=NCc1ccccc1COC)NC(C)c1nc(C)c(C(=O)OCC)s1. The molecular weight excluding hydrogens is 388 g/mol. The van der Waals surface area contributed by atoms with Gasteiger partial charge in [0.05, 0.1) is 31.5 Å². The van der Waals surface area contributed by atoms with Crippen molar-refractivity contribution >= 4 is 23.3 Å². The van der Waals surface area contributed by atoms with Crippen molar-refractivity contribution in [2.75, 3.05) is 20.3 Å². The van der Waals surface area contributed by atoms with Crippen molar-refractivity contribution < 1.29 is 14.3 Å². The number of nitrogens with one attached hydrogen (secondary N) is 2. The van der Waals surface area contributed by atoms with E-state index in [0.717, 1.165) is 22.7 Å². The molecule has 29 heavy (non-hydrogen) atoms. The predicted molar refractivity (Wildman–Crippen MR) is 116 cm³/mol.